The van der Waals surface area contributed by atoms with Crippen molar-refractivity contribution in [3.63, 3.8) is 0 Å². The van der Waals surface area contributed by atoms with E-state index >= 15 is 0 Å². The quantitative estimate of drug-likeness (QED) is 0.596. The van der Waals surface area contributed by atoms with Crippen LogP contribution < -0.4 is 4.90 Å². The summed E-state index contributed by atoms with van der Waals surface area (Å²) in [6.45, 7) is 2.47. The average Bonchev–Trinajstić information content (AvgIpc) is 3.40. The number of aryl methyl sites for hydroxylation is 1. The van der Waals surface area contributed by atoms with Crippen molar-refractivity contribution in [1.29, 1.82) is 0 Å². The number of hydrogen-bond donors (Lipinski definition) is 0. The molecule has 0 N–H and O–H groups in total. The van der Waals surface area contributed by atoms with Gasteiger partial charge in [-0.15, -0.1) is 0 Å². The number of benzene rings is 1. The molecule has 1 saturated carbocycles. The molecular weight excluding hydrogens is 442 g/mol. The van der Waals surface area contributed by atoms with Crippen LogP contribution >= 0.6 is 0 Å². The number of aromatic nitrogens is 2. The van der Waals surface area contributed by atoms with Crippen LogP contribution in [-0.4, -0.2) is 64.0 Å². The third kappa shape index (κ3) is 4.70. The van der Waals surface area contributed by atoms with Gasteiger partial charge < -0.3 is 9.80 Å². The summed E-state index contributed by atoms with van der Waals surface area (Å²) in [4.78, 5) is 45.0. The lowest BCUT2D eigenvalue weighted by molar-refractivity contribution is -0.135. The van der Waals surface area contributed by atoms with E-state index in [2.05, 4.69) is 10.00 Å². The van der Waals surface area contributed by atoms with Crippen molar-refractivity contribution in [1.82, 2.24) is 19.6 Å². The number of carbonyl (C=O) groups excluding carboxylic acids is 3. The molecule has 2 fully saturated rings. The van der Waals surface area contributed by atoms with Crippen LogP contribution in [0.15, 0.2) is 30.6 Å². The second-order valence-corrected chi connectivity index (χ2v) is 10.4. The van der Waals surface area contributed by atoms with E-state index in [4.69, 9.17) is 0 Å². The number of fused-ring (bicyclic) bond motifs is 1. The highest BCUT2D eigenvalue weighted by Crippen LogP contribution is 2.35. The summed E-state index contributed by atoms with van der Waals surface area (Å²) >= 11 is 0. The molecule has 2 aromatic rings. The SMILES string of the molecule is CN(Cc1cnn(C)c1)C(=O)C1CCN(c2cccc3c2C(=O)N(CC2CCCCC2)C3=O)CC1. The maximum absolute atomic E-state index is 13.4. The largest absolute Gasteiger partial charge is 0.371 e. The van der Waals surface area contributed by atoms with E-state index in [1.165, 1.54) is 24.2 Å². The summed E-state index contributed by atoms with van der Waals surface area (Å²) in [5, 5.41) is 4.18. The van der Waals surface area contributed by atoms with Gasteiger partial charge in [-0.2, -0.15) is 5.10 Å². The first-order valence-corrected chi connectivity index (χ1v) is 12.9. The van der Waals surface area contributed by atoms with Crippen molar-refractivity contribution in [2.24, 2.45) is 18.9 Å². The number of anilines is 1. The van der Waals surface area contributed by atoms with Gasteiger partial charge in [-0.1, -0.05) is 25.3 Å². The van der Waals surface area contributed by atoms with Crippen LogP contribution in [0.2, 0.25) is 0 Å². The van der Waals surface area contributed by atoms with Crippen molar-refractivity contribution in [2.45, 2.75) is 51.5 Å². The van der Waals surface area contributed by atoms with Gasteiger partial charge in [-0.05, 0) is 43.7 Å². The number of hydrogen-bond acceptors (Lipinski definition) is 5. The van der Waals surface area contributed by atoms with E-state index in [0.717, 1.165) is 36.9 Å². The first-order chi connectivity index (χ1) is 16.9. The molecule has 5 rings (SSSR count). The van der Waals surface area contributed by atoms with Gasteiger partial charge >= 0.3 is 0 Å². The van der Waals surface area contributed by atoms with E-state index in [9.17, 15) is 14.4 Å². The molecule has 0 atom stereocenters. The van der Waals surface area contributed by atoms with E-state index in [1.807, 2.05) is 32.4 Å². The van der Waals surface area contributed by atoms with Crippen molar-refractivity contribution in [2.75, 3.05) is 31.6 Å². The molecule has 0 bridgehead atoms. The minimum absolute atomic E-state index is 0.0372. The van der Waals surface area contributed by atoms with Gasteiger partial charge in [0.25, 0.3) is 11.8 Å². The number of imide groups is 1. The third-order valence-electron chi connectivity index (χ3n) is 7.88. The minimum Gasteiger partial charge on any atom is -0.371 e. The fourth-order valence-electron chi connectivity index (χ4n) is 5.96. The topological polar surface area (TPSA) is 78.8 Å². The highest BCUT2D eigenvalue weighted by molar-refractivity contribution is 6.23. The predicted molar refractivity (Wildman–Crippen MR) is 133 cm³/mol. The molecule has 1 aliphatic carbocycles. The van der Waals surface area contributed by atoms with Crippen LogP contribution in [0.4, 0.5) is 5.69 Å². The zero-order valence-corrected chi connectivity index (χ0v) is 20.8. The van der Waals surface area contributed by atoms with E-state index in [0.29, 0.717) is 43.2 Å². The zero-order valence-electron chi connectivity index (χ0n) is 20.8. The number of amides is 3. The number of piperidine rings is 1. The summed E-state index contributed by atoms with van der Waals surface area (Å²) in [5.41, 5.74) is 2.92. The molecule has 186 valence electrons. The molecule has 3 heterocycles. The number of nitrogens with zero attached hydrogens (tertiary/aromatic N) is 5. The first kappa shape index (κ1) is 23.6. The second kappa shape index (κ2) is 9.84. The van der Waals surface area contributed by atoms with Crippen LogP contribution in [0.1, 0.15) is 71.2 Å². The summed E-state index contributed by atoms with van der Waals surface area (Å²) < 4.78 is 1.74. The number of rotatable bonds is 6. The monoisotopic (exact) mass is 477 g/mol. The van der Waals surface area contributed by atoms with Crippen molar-refractivity contribution in [3.8, 4) is 0 Å². The summed E-state index contributed by atoms with van der Waals surface area (Å²) in [6.07, 6.45) is 11.0. The lowest BCUT2D eigenvalue weighted by atomic mass is 9.89. The molecule has 8 nitrogen and oxygen atoms in total. The molecule has 3 aliphatic rings. The molecule has 0 unspecified atom stereocenters. The molecule has 3 amide bonds. The van der Waals surface area contributed by atoms with Gasteiger partial charge in [-0.25, -0.2) is 0 Å². The summed E-state index contributed by atoms with van der Waals surface area (Å²) in [5.74, 6) is 0.224. The minimum atomic E-state index is -0.153. The highest BCUT2D eigenvalue weighted by Gasteiger charge is 2.40. The Bertz CT molecular complexity index is 1110. The Morgan fingerprint density at radius 1 is 1.06 bits per heavy atom. The van der Waals surface area contributed by atoms with Gasteiger partial charge in [0.2, 0.25) is 5.91 Å². The van der Waals surface area contributed by atoms with Gasteiger partial charge in [-0.3, -0.25) is 24.0 Å². The predicted octanol–water partition coefficient (Wildman–Crippen LogP) is 3.47. The number of carbonyl (C=O) groups is 3. The Hall–Kier alpha value is -3.16. The Balaban J connectivity index is 1.24. The molecule has 2 aliphatic heterocycles. The molecule has 1 saturated heterocycles. The average molecular weight is 478 g/mol. The van der Waals surface area contributed by atoms with Gasteiger partial charge in [0, 0.05) is 58.0 Å². The van der Waals surface area contributed by atoms with Gasteiger partial charge in [0.05, 0.1) is 23.0 Å². The summed E-state index contributed by atoms with van der Waals surface area (Å²) in [6, 6.07) is 5.61. The molecule has 0 radical (unpaired) electrons. The first-order valence-electron chi connectivity index (χ1n) is 12.9. The van der Waals surface area contributed by atoms with Crippen molar-refractivity contribution < 1.29 is 14.4 Å². The Kier molecular flexibility index (Phi) is 6.62. The molecule has 1 aromatic heterocycles. The lowest BCUT2D eigenvalue weighted by Gasteiger charge is -2.35. The third-order valence-corrected chi connectivity index (χ3v) is 7.88. The normalized spacial score (nSPS) is 19.4. The molecule has 8 heteroatoms. The second-order valence-electron chi connectivity index (χ2n) is 10.4. The maximum Gasteiger partial charge on any atom is 0.263 e. The van der Waals surface area contributed by atoms with Crippen molar-refractivity contribution in [3.05, 3.63) is 47.3 Å². The molecule has 0 spiro atoms. The van der Waals surface area contributed by atoms with Crippen LogP contribution in [0.3, 0.4) is 0 Å². The van der Waals surface area contributed by atoms with Gasteiger partial charge in [0.1, 0.15) is 0 Å². The maximum atomic E-state index is 13.4. The fraction of sp³-hybridized carbons (Fsp3) is 0.556. The highest BCUT2D eigenvalue weighted by atomic mass is 16.2. The van der Waals surface area contributed by atoms with Crippen LogP contribution in [0.25, 0.3) is 0 Å². The Labute approximate surface area is 206 Å². The van der Waals surface area contributed by atoms with E-state index in [1.54, 1.807) is 21.8 Å². The Morgan fingerprint density at radius 2 is 1.80 bits per heavy atom. The molecule has 35 heavy (non-hydrogen) atoms. The summed E-state index contributed by atoms with van der Waals surface area (Å²) in [7, 11) is 3.71. The standard InChI is InChI=1S/C27H35N5O3/c1-29(16-20-15-28-30(2)17-20)25(33)21-11-13-31(14-12-21)23-10-6-9-22-24(23)27(35)32(26(22)34)18-19-7-4-3-5-8-19/h6,9-10,15,17,19,21H,3-5,7-8,11-14,16,18H2,1-2H3. The zero-order chi connectivity index (χ0) is 24.5. The molecule has 1 aromatic carbocycles. The smallest absolute Gasteiger partial charge is 0.263 e. The van der Waals surface area contributed by atoms with Crippen LogP contribution in [0.5, 0.6) is 0 Å². The lowest BCUT2D eigenvalue weighted by Crippen LogP contribution is -2.41. The molecular formula is C27H35N5O3. The van der Waals surface area contributed by atoms with Gasteiger partial charge in [0.15, 0.2) is 0 Å². The van der Waals surface area contributed by atoms with Crippen molar-refractivity contribution >= 4 is 23.4 Å². The van der Waals surface area contributed by atoms with Crippen LogP contribution in [0, 0.1) is 11.8 Å². The fourth-order valence-corrected chi connectivity index (χ4v) is 5.96. The van der Waals surface area contributed by atoms with E-state index < -0.39 is 0 Å². The van der Waals surface area contributed by atoms with Crippen LogP contribution in [-0.2, 0) is 18.4 Å². The Morgan fingerprint density at radius 3 is 2.49 bits per heavy atom. The van der Waals surface area contributed by atoms with E-state index in [-0.39, 0.29) is 23.6 Å².